The van der Waals surface area contributed by atoms with E-state index >= 15 is 0 Å². The molecule has 0 atom stereocenters. The molecule has 1 N–H and O–H groups in total. The minimum absolute atomic E-state index is 0.121. The van der Waals surface area contributed by atoms with E-state index in [1.807, 2.05) is 61.0 Å². The number of carbonyl (C=O) groups is 1. The molecule has 1 amide bonds. The molecular formula is C16H15N3O. The Labute approximate surface area is 117 Å². The van der Waals surface area contributed by atoms with Crippen LogP contribution in [0.1, 0.15) is 21.5 Å². The molecular weight excluding hydrogens is 250 g/mol. The van der Waals surface area contributed by atoms with Crippen LogP contribution in [0.4, 0.5) is 5.69 Å². The topological polar surface area (TPSA) is 46.4 Å². The van der Waals surface area contributed by atoms with Crippen LogP contribution in [0.5, 0.6) is 0 Å². The lowest BCUT2D eigenvalue weighted by Crippen LogP contribution is -2.13. The van der Waals surface area contributed by atoms with Crippen LogP contribution >= 0.6 is 0 Å². The Morgan fingerprint density at radius 2 is 2.00 bits per heavy atom. The van der Waals surface area contributed by atoms with Crippen molar-refractivity contribution in [2.45, 2.75) is 13.8 Å². The summed E-state index contributed by atoms with van der Waals surface area (Å²) in [7, 11) is 0. The van der Waals surface area contributed by atoms with Gasteiger partial charge in [0.05, 0.1) is 5.69 Å². The summed E-state index contributed by atoms with van der Waals surface area (Å²) in [5, 5.41) is 2.91. The monoisotopic (exact) mass is 265 g/mol. The predicted octanol–water partition coefficient (Wildman–Crippen LogP) is 3.20. The van der Waals surface area contributed by atoms with Crippen LogP contribution in [0.15, 0.2) is 48.9 Å². The van der Waals surface area contributed by atoms with Crippen molar-refractivity contribution in [2.24, 2.45) is 0 Å². The summed E-state index contributed by atoms with van der Waals surface area (Å²) in [6, 6.07) is 9.42. The minimum Gasteiger partial charge on any atom is -0.319 e. The van der Waals surface area contributed by atoms with E-state index < -0.39 is 0 Å². The Hall–Kier alpha value is -2.62. The summed E-state index contributed by atoms with van der Waals surface area (Å²) in [5.74, 6) is -0.121. The number of nitrogens with zero attached hydrogens (tertiary/aromatic N) is 2. The van der Waals surface area contributed by atoms with Gasteiger partial charge < -0.3 is 9.72 Å². The van der Waals surface area contributed by atoms with E-state index in [4.69, 9.17) is 0 Å². The fraction of sp³-hybridized carbons (Fsp3) is 0.125. The number of fused-ring (bicyclic) bond motifs is 1. The van der Waals surface area contributed by atoms with E-state index in [-0.39, 0.29) is 5.91 Å². The van der Waals surface area contributed by atoms with Gasteiger partial charge in [0.2, 0.25) is 0 Å². The summed E-state index contributed by atoms with van der Waals surface area (Å²) in [6.45, 7) is 4.03. The van der Waals surface area contributed by atoms with Crippen molar-refractivity contribution >= 4 is 17.2 Å². The molecule has 0 aliphatic heterocycles. The first-order valence-corrected chi connectivity index (χ1v) is 6.45. The summed E-state index contributed by atoms with van der Waals surface area (Å²) >= 11 is 0. The Bertz CT molecular complexity index is 789. The predicted molar refractivity (Wildman–Crippen MR) is 79.1 cm³/mol. The number of rotatable bonds is 2. The van der Waals surface area contributed by atoms with Crippen molar-refractivity contribution in [2.75, 3.05) is 5.32 Å². The zero-order valence-electron chi connectivity index (χ0n) is 11.4. The Balaban J connectivity index is 1.92. The molecule has 20 heavy (non-hydrogen) atoms. The van der Waals surface area contributed by atoms with Crippen LogP contribution in [-0.2, 0) is 0 Å². The first kappa shape index (κ1) is 12.4. The van der Waals surface area contributed by atoms with E-state index in [9.17, 15) is 4.79 Å². The molecule has 2 aromatic heterocycles. The van der Waals surface area contributed by atoms with Gasteiger partial charge in [-0.15, -0.1) is 0 Å². The number of hydrogen-bond donors (Lipinski definition) is 1. The summed E-state index contributed by atoms with van der Waals surface area (Å²) < 4.78 is 1.87. The van der Waals surface area contributed by atoms with Gasteiger partial charge in [0.15, 0.2) is 5.65 Å². The second kappa shape index (κ2) is 4.81. The molecule has 0 radical (unpaired) electrons. The molecule has 0 bridgehead atoms. The fourth-order valence-corrected chi connectivity index (χ4v) is 2.12. The van der Waals surface area contributed by atoms with Gasteiger partial charge >= 0.3 is 0 Å². The SMILES string of the molecule is Cc1ccc(C(=O)Nc2cccn3ccnc23)cc1C. The lowest BCUT2D eigenvalue weighted by Gasteiger charge is -2.08. The third kappa shape index (κ3) is 2.16. The van der Waals surface area contributed by atoms with Gasteiger partial charge in [0.25, 0.3) is 5.91 Å². The Kier molecular flexibility index (Phi) is 2.99. The molecule has 0 fully saturated rings. The number of aryl methyl sites for hydroxylation is 2. The van der Waals surface area contributed by atoms with E-state index in [1.54, 1.807) is 6.20 Å². The van der Waals surface area contributed by atoms with Crippen LogP contribution in [-0.4, -0.2) is 15.3 Å². The molecule has 4 nitrogen and oxygen atoms in total. The lowest BCUT2D eigenvalue weighted by molar-refractivity contribution is 0.102. The third-order valence-electron chi connectivity index (χ3n) is 3.44. The number of carbonyl (C=O) groups excluding carboxylic acids is 1. The number of pyridine rings is 1. The van der Waals surface area contributed by atoms with Crippen LogP contribution in [0.25, 0.3) is 5.65 Å². The van der Waals surface area contributed by atoms with Crippen LogP contribution in [0.2, 0.25) is 0 Å². The average molecular weight is 265 g/mol. The van der Waals surface area contributed by atoms with Crippen LogP contribution < -0.4 is 5.32 Å². The van der Waals surface area contributed by atoms with Gasteiger partial charge in [-0.2, -0.15) is 0 Å². The number of anilines is 1. The maximum Gasteiger partial charge on any atom is 0.255 e. The van der Waals surface area contributed by atoms with Crippen LogP contribution in [0.3, 0.4) is 0 Å². The van der Waals surface area contributed by atoms with Crippen molar-refractivity contribution in [3.63, 3.8) is 0 Å². The molecule has 0 aliphatic rings. The molecule has 0 saturated carbocycles. The second-order valence-corrected chi connectivity index (χ2v) is 4.83. The van der Waals surface area contributed by atoms with Gasteiger partial charge in [-0.1, -0.05) is 6.07 Å². The van der Waals surface area contributed by atoms with E-state index in [0.29, 0.717) is 11.3 Å². The zero-order chi connectivity index (χ0) is 14.1. The number of imidazole rings is 1. The fourth-order valence-electron chi connectivity index (χ4n) is 2.12. The van der Waals surface area contributed by atoms with E-state index in [2.05, 4.69) is 10.3 Å². The highest BCUT2D eigenvalue weighted by molar-refractivity contribution is 6.06. The Morgan fingerprint density at radius 3 is 2.80 bits per heavy atom. The highest BCUT2D eigenvalue weighted by Crippen LogP contribution is 2.17. The Morgan fingerprint density at radius 1 is 1.15 bits per heavy atom. The lowest BCUT2D eigenvalue weighted by atomic mass is 10.1. The number of nitrogens with one attached hydrogen (secondary N) is 1. The maximum atomic E-state index is 12.3. The van der Waals surface area contributed by atoms with Crippen molar-refractivity contribution in [3.8, 4) is 0 Å². The molecule has 0 aliphatic carbocycles. The average Bonchev–Trinajstić information content (AvgIpc) is 2.91. The number of aromatic nitrogens is 2. The van der Waals surface area contributed by atoms with Crippen molar-refractivity contribution in [3.05, 3.63) is 65.6 Å². The smallest absolute Gasteiger partial charge is 0.255 e. The molecule has 3 aromatic rings. The minimum atomic E-state index is -0.121. The molecule has 0 saturated heterocycles. The highest BCUT2D eigenvalue weighted by atomic mass is 16.1. The molecule has 2 heterocycles. The van der Waals surface area contributed by atoms with Gasteiger partial charge in [0, 0.05) is 24.2 Å². The van der Waals surface area contributed by atoms with Gasteiger partial charge in [-0.3, -0.25) is 4.79 Å². The number of hydrogen-bond acceptors (Lipinski definition) is 2. The third-order valence-corrected chi connectivity index (χ3v) is 3.44. The molecule has 0 spiro atoms. The molecule has 3 rings (SSSR count). The first-order chi connectivity index (χ1) is 9.65. The number of amides is 1. The van der Waals surface area contributed by atoms with Gasteiger partial charge in [-0.05, 0) is 49.2 Å². The summed E-state index contributed by atoms with van der Waals surface area (Å²) in [4.78, 5) is 16.5. The normalized spacial score (nSPS) is 10.7. The molecule has 1 aromatic carbocycles. The van der Waals surface area contributed by atoms with Crippen molar-refractivity contribution in [1.82, 2.24) is 9.38 Å². The van der Waals surface area contributed by atoms with E-state index in [1.165, 1.54) is 5.56 Å². The first-order valence-electron chi connectivity index (χ1n) is 6.45. The van der Waals surface area contributed by atoms with Gasteiger partial charge in [0.1, 0.15) is 0 Å². The molecule has 100 valence electrons. The van der Waals surface area contributed by atoms with Crippen molar-refractivity contribution < 1.29 is 4.79 Å². The zero-order valence-corrected chi connectivity index (χ0v) is 11.4. The van der Waals surface area contributed by atoms with Crippen molar-refractivity contribution in [1.29, 1.82) is 0 Å². The quantitative estimate of drug-likeness (QED) is 0.773. The highest BCUT2D eigenvalue weighted by Gasteiger charge is 2.09. The standard InChI is InChI=1S/C16H15N3O/c1-11-5-6-13(10-12(11)2)16(20)18-14-4-3-8-19-9-7-17-15(14)19/h3-10H,1-2H3,(H,18,20). The summed E-state index contributed by atoms with van der Waals surface area (Å²) in [6.07, 6.45) is 5.45. The summed E-state index contributed by atoms with van der Waals surface area (Å²) in [5.41, 5.74) is 4.39. The molecule has 4 heteroatoms. The molecule has 0 unspecified atom stereocenters. The van der Waals surface area contributed by atoms with E-state index in [0.717, 1.165) is 11.2 Å². The second-order valence-electron chi connectivity index (χ2n) is 4.83. The number of benzene rings is 1. The largest absolute Gasteiger partial charge is 0.319 e. The maximum absolute atomic E-state index is 12.3. The van der Waals surface area contributed by atoms with Gasteiger partial charge in [-0.25, -0.2) is 4.98 Å². The van der Waals surface area contributed by atoms with Crippen LogP contribution in [0, 0.1) is 13.8 Å².